The third kappa shape index (κ3) is 5.04. The number of ether oxygens (including phenoxy) is 1. The van der Waals surface area contributed by atoms with E-state index in [1.807, 2.05) is 31.2 Å². The van der Waals surface area contributed by atoms with E-state index in [2.05, 4.69) is 4.90 Å². The fourth-order valence-corrected chi connectivity index (χ4v) is 3.24. The van der Waals surface area contributed by atoms with Gasteiger partial charge in [-0.05, 0) is 42.8 Å². The highest BCUT2D eigenvalue weighted by Gasteiger charge is 2.31. The van der Waals surface area contributed by atoms with Crippen LogP contribution in [0.3, 0.4) is 0 Å². The van der Waals surface area contributed by atoms with E-state index in [1.54, 1.807) is 4.90 Å². The summed E-state index contributed by atoms with van der Waals surface area (Å²) in [4.78, 5) is 16.4. The van der Waals surface area contributed by atoms with Crippen LogP contribution in [0.5, 0.6) is 5.75 Å². The Labute approximate surface area is 162 Å². The van der Waals surface area contributed by atoms with Crippen LogP contribution in [0.2, 0.25) is 0 Å². The molecule has 0 saturated carbocycles. The Kier molecular flexibility index (Phi) is 6.24. The highest BCUT2D eigenvalue weighted by molar-refractivity contribution is 5.94. The number of piperazine rings is 1. The number of alkyl halides is 3. The number of nitrogens with zero attached hydrogens (tertiary/aromatic N) is 2. The Bertz CT molecular complexity index is 798. The topological polar surface area (TPSA) is 32.8 Å². The molecule has 1 fully saturated rings. The van der Waals surface area contributed by atoms with E-state index < -0.39 is 11.7 Å². The Morgan fingerprint density at radius 2 is 1.71 bits per heavy atom. The number of hydrogen-bond acceptors (Lipinski definition) is 3. The fourth-order valence-electron chi connectivity index (χ4n) is 3.24. The molecule has 0 radical (unpaired) electrons. The first kappa shape index (κ1) is 20.2. The number of amides is 1. The summed E-state index contributed by atoms with van der Waals surface area (Å²) in [6.45, 7) is 5.67. The minimum Gasteiger partial charge on any atom is -0.494 e. The van der Waals surface area contributed by atoms with Gasteiger partial charge in [0, 0.05) is 38.3 Å². The summed E-state index contributed by atoms with van der Waals surface area (Å²) in [7, 11) is 0. The Hall–Kier alpha value is -2.54. The SMILES string of the molecule is CCOc1ccc(CN2CCN(C(=O)c3cccc(C(F)(F)F)c3)CC2)cc1. The summed E-state index contributed by atoms with van der Waals surface area (Å²) < 4.78 is 44.0. The molecular formula is C21H23F3N2O2. The maximum atomic E-state index is 12.9. The molecule has 3 rings (SSSR count). The van der Waals surface area contributed by atoms with Crippen LogP contribution in [0.25, 0.3) is 0 Å². The minimum absolute atomic E-state index is 0.0785. The molecule has 0 atom stereocenters. The van der Waals surface area contributed by atoms with Gasteiger partial charge >= 0.3 is 6.18 Å². The van der Waals surface area contributed by atoms with Crippen molar-refractivity contribution in [3.63, 3.8) is 0 Å². The minimum atomic E-state index is -4.45. The van der Waals surface area contributed by atoms with Crippen molar-refractivity contribution in [2.75, 3.05) is 32.8 Å². The van der Waals surface area contributed by atoms with Gasteiger partial charge in [0.2, 0.25) is 0 Å². The summed E-state index contributed by atoms with van der Waals surface area (Å²) in [6.07, 6.45) is -4.45. The summed E-state index contributed by atoms with van der Waals surface area (Å²) >= 11 is 0. The van der Waals surface area contributed by atoms with Crippen molar-refractivity contribution >= 4 is 5.91 Å². The second-order valence-corrected chi connectivity index (χ2v) is 6.72. The second kappa shape index (κ2) is 8.65. The Morgan fingerprint density at radius 3 is 2.32 bits per heavy atom. The lowest BCUT2D eigenvalue weighted by molar-refractivity contribution is -0.137. The van der Waals surface area contributed by atoms with E-state index in [4.69, 9.17) is 4.74 Å². The Balaban J connectivity index is 1.55. The number of rotatable bonds is 5. The van der Waals surface area contributed by atoms with Crippen molar-refractivity contribution in [2.24, 2.45) is 0 Å². The predicted molar refractivity (Wildman–Crippen MR) is 100 cm³/mol. The number of benzene rings is 2. The molecule has 28 heavy (non-hydrogen) atoms. The molecule has 1 amide bonds. The average molecular weight is 392 g/mol. The van der Waals surface area contributed by atoms with Gasteiger partial charge in [-0.1, -0.05) is 18.2 Å². The van der Waals surface area contributed by atoms with Gasteiger partial charge in [0.15, 0.2) is 0 Å². The molecule has 0 aliphatic carbocycles. The highest BCUT2D eigenvalue weighted by Crippen LogP contribution is 2.29. The van der Waals surface area contributed by atoms with Gasteiger partial charge in [0.25, 0.3) is 5.91 Å². The quantitative estimate of drug-likeness (QED) is 0.769. The molecule has 150 valence electrons. The summed E-state index contributed by atoms with van der Waals surface area (Å²) in [5, 5.41) is 0. The normalized spacial score (nSPS) is 15.5. The number of carbonyl (C=O) groups excluding carboxylic acids is 1. The molecule has 0 bridgehead atoms. The van der Waals surface area contributed by atoms with Crippen molar-refractivity contribution < 1.29 is 22.7 Å². The monoisotopic (exact) mass is 392 g/mol. The average Bonchev–Trinajstić information content (AvgIpc) is 2.69. The van der Waals surface area contributed by atoms with E-state index in [1.165, 1.54) is 12.1 Å². The van der Waals surface area contributed by atoms with Gasteiger partial charge in [-0.25, -0.2) is 0 Å². The summed E-state index contributed by atoms with van der Waals surface area (Å²) in [5.41, 5.74) is 0.434. The van der Waals surface area contributed by atoms with Gasteiger partial charge in [0.05, 0.1) is 12.2 Å². The smallest absolute Gasteiger partial charge is 0.416 e. The zero-order valence-corrected chi connectivity index (χ0v) is 15.7. The lowest BCUT2D eigenvalue weighted by Crippen LogP contribution is -2.48. The van der Waals surface area contributed by atoms with Crippen LogP contribution >= 0.6 is 0 Å². The number of hydrogen-bond donors (Lipinski definition) is 0. The largest absolute Gasteiger partial charge is 0.494 e. The van der Waals surface area contributed by atoms with Crippen LogP contribution in [-0.2, 0) is 12.7 Å². The lowest BCUT2D eigenvalue weighted by Gasteiger charge is -2.35. The molecular weight excluding hydrogens is 369 g/mol. The Morgan fingerprint density at radius 1 is 1.04 bits per heavy atom. The molecule has 1 aliphatic rings. The van der Waals surface area contributed by atoms with Crippen LogP contribution in [0.15, 0.2) is 48.5 Å². The van der Waals surface area contributed by atoms with Gasteiger partial charge in [-0.2, -0.15) is 13.2 Å². The van der Waals surface area contributed by atoms with Crippen molar-refractivity contribution in [1.29, 1.82) is 0 Å². The van der Waals surface area contributed by atoms with Crippen molar-refractivity contribution in [3.8, 4) is 5.75 Å². The summed E-state index contributed by atoms with van der Waals surface area (Å²) in [5.74, 6) is 0.481. The molecule has 2 aromatic carbocycles. The number of halogens is 3. The zero-order valence-electron chi connectivity index (χ0n) is 15.7. The van der Waals surface area contributed by atoms with Gasteiger partial charge in [-0.15, -0.1) is 0 Å². The van der Waals surface area contributed by atoms with Crippen LogP contribution in [0.4, 0.5) is 13.2 Å². The van der Waals surface area contributed by atoms with E-state index >= 15 is 0 Å². The van der Waals surface area contributed by atoms with Gasteiger partial charge in [-0.3, -0.25) is 9.69 Å². The predicted octanol–water partition coefficient (Wildman–Crippen LogP) is 4.06. The first-order valence-electron chi connectivity index (χ1n) is 9.27. The molecule has 0 spiro atoms. The van der Waals surface area contributed by atoms with Gasteiger partial charge < -0.3 is 9.64 Å². The molecule has 0 aromatic heterocycles. The maximum absolute atomic E-state index is 12.9. The molecule has 1 saturated heterocycles. The first-order chi connectivity index (χ1) is 13.4. The van der Waals surface area contributed by atoms with Crippen LogP contribution in [0, 0.1) is 0 Å². The number of carbonyl (C=O) groups is 1. The van der Waals surface area contributed by atoms with Gasteiger partial charge in [0.1, 0.15) is 5.75 Å². The van der Waals surface area contributed by atoms with Crippen molar-refractivity contribution in [1.82, 2.24) is 9.80 Å². The van der Waals surface area contributed by atoms with E-state index in [-0.39, 0.29) is 11.5 Å². The molecule has 1 aliphatic heterocycles. The van der Waals surface area contributed by atoms with E-state index in [0.717, 1.165) is 30.0 Å². The molecule has 0 unspecified atom stereocenters. The third-order valence-corrected chi connectivity index (χ3v) is 4.74. The molecule has 4 nitrogen and oxygen atoms in total. The first-order valence-corrected chi connectivity index (χ1v) is 9.27. The third-order valence-electron chi connectivity index (χ3n) is 4.74. The molecule has 1 heterocycles. The van der Waals surface area contributed by atoms with Crippen LogP contribution in [0.1, 0.15) is 28.4 Å². The van der Waals surface area contributed by atoms with Crippen molar-refractivity contribution in [3.05, 3.63) is 65.2 Å². The van der Waals surface area contributed by atoms with Crippen molar-refractivity contribution in [2.45, 2.75) is 19.6 Å². The van der Waals surface area contributed by atoms with E-state index in [0.29, 0.717) is 32.8 Å². The zero-order chi connectivity index (χ0) is 20.1. The second-order valence-electron chi connectivity index (χ2n) is 6.72. The van der Waals surface area contributed by atoms with Crippen LogP contribution in [-0.4, -0.2) is 48.5 Å². The summed E-state index contributed by atoms with van der Waals surface area (Å²) in [6, 6.07) is 12.5. The maximum Gasteiger partial charge on any atom is 0.416 e. The molecule has 2 aromatic rings. The molecule has 0 N–H and O–H groups in total. The molecule has 7 heteroatoms. The lowest BCUT2D eigenvalue weighted by atomic mass is 10.1. The fraction of sp³-hybridized carbons (Fsp3) is 0.381. The van der Waals surface area contributed by atoms with Crippen LogP contribution < -0.4 is 4.74 Å². The van der Waals surface area contributed by atoms with E-state index in [9.17, 15) is 18.0 Å². The highest BCUT2D eigenvalue weighted by atomic mass is 19.4. The standard InChI is InChI=1S/C21H23F3N2O2/c1-2-28-19-8-6-16(7-9-19)15-25-10-12-26(13-11-25)20(27)17-4-3-5-18(14-17)21(22,23)24/h3-9,14H,2,10-13,15H2,1H3.